The van der Waals surface area contributed by atoms with Gasteiger partial charge in [0.15, 0.2) is 0 Å². The van der Waals surface area contributed by atoms with Crippen LogP contribution in [0.5, 0.6) is 5.75 Å². The number of piperidine rings is 1. The van der Waals surface area contributed by atoms with Gasteiger partial charge in [-0.25, -0.2) is 4.98 Å². The van der Waals surface area contributed by atoms with E-state index in [0.717, 1.165) is 60.4 Å². The molecule has 2 aromatic heterocycles. The number of ether oxygens (including phenoxy) is 1. The fourth-order valence-corrected chi connectivity index (χ4v) is 4.70. The summed E-state index contributed by atoms with van der Waals surface area (Å²) >= 11 is 0. The molecule has 35 heavy (non-hydrogen) atoms. The summed E-state index contributed by atoms with van der Waals surface area (Å²) in [6.07, 6.45) is 5.64. The number of nitrogens with zero attached hydrogens (tertiary/aromatic N) is 3. The molecule has 6 heteroatoms. The van der Waals surface area contributed by atoms with Crippen molar-refractivity contribution in [3.63, 3.8) is 0 Å². The maximum Gasteiger partial charge on any atom is 0.252 e. The standard InChI is InChI=1S/C29H30N4O2/c1-35-24-8-6-22(7-9-24)20-33-16-12-21(13-17-33)19-31-29(34)26-18-28(23-10-14-30-15-11-23)32-27-5-3-2-4-25(26)27/h2-11,14-15,18,21H,12-13,16-17,19-20H2,1H3,(H,31,34). The van der Waals surface area contributed by atoms with Crippen LogP contribution >= 0.6 is 0 Å². The summed E-state index contributed by atoms with van der Waals surface area (Å²) in [6, 6.07) is 21.8. The molecular weight excluding hydrogens is 436 g/mol. The molecule has 0 unspecified atom stereocenters. The van der Waals surface area contributed by atoms with Gasteiger partial charge in [-0.15, -0.1) is 0 Å². The van der Waals surface area contributed by atoms with Gasteiger partial charge in [-0.05, 0) is 73.8 Å². The number of hydrogen-bond donors (Lipinski definition) is 1. The van der Waals surface area contributed by atoms with E-state index in [1.54, 1.807) is 19.5 Å². The number of carbonyl (C=O) groups is 1. The van der Waals surface area contributed by atoms with Gasteiger partial charge in [-0.3, -0.25) is 14.7 Å². The van der Waals surface area contributed by atoms with Crippen molar-refractivity contribution in [3.8, 4) is 17.0 Å². The van der Waals surface area contributed by atoms with Crippen LogP contribution in [0.3, 0.4) is 0 Å². The molecule has 1 amide bonds. The first-order valence-corrected chi connectivity index (χ1v) is 12.1. The Morgan fingerprint density at radius 1 is 1.03 bits per heavy atom. The zero-order chi connectivity index (χ0) is 24.0. The van der Waals surface area contributed by atoms with Gasteiger partial charge >= 0.3 is 0 Å². The van der Waals surface area contributed by atoms with E-state index < -0.39 is 0 Å². The second kappa shape index (κ2) is 10.7. The molecule has 178 valence electrons. The number of para-hydroxylation sites is 1. The number of nitrogens with one attached hydrogen (secondary N) is 1. The van der Waals surface area contributed by atoms with Crippen molar-refractivity contribution in [2.45, 2.75) is 19.4 Å². The Hall–Kier alpha value is -3.77. The molecule has 1 saturated heterocycles. The van der Waals surface area contributed by atoms with E-state index in [1.165, 1.54) is 5.56 Å². The molecule has 0 atom stereocenters. The summed E-state index contributed by atoms with van der Waals surface area (Å²) in [5, 5.41) is 4.08. The lowest BCUT2D eigenvalue weighted by Crippen LogP contribution is -2.38. The predicted molar refractivity (Wildman–Crippen MR) is 138 cm³/mol. The average Bonchev–Trinajstić information content (AvgIpc) is 2.93. The number of carbonyl (C=O) groups excluding carboxylic acids is 1. The van der Waals surface area contributed by atoms with Gasteiger partial charge in [-0.1, -0.05) is 30.3 Å². The fraction of sp³-hybridized carbons (Fsp3) is 0.276. The smallest absolute Gasteiger partial charge is 0.252 e. The molecule has 2 aromatic carbocycles. The van der Waals surface area contributed by atoms with Crippen molar-refractivity contribution in [1.29, 1.82) is 0 Å². The fourth-order valence-electron chi connectivity index (χ4n) is 4.70. The van der Waals surface area contributed by atoms with Crippen molar-refractivity contribution in [2.75, 3.05) is 26.7 Å². The summed E-state index contributed by atoms with van der Waals surface area (Å²) in [4.78, 5) is 24.6. The molecule has 1 aliphatic heterocycles. The molecule has 6 nitrogen and oxygen atoms in total. The monoisotopic (exact) mass is 466 g/mol. The molecular formula is C29H30N4O2. The number of benzene rings is 2. The van der Waals surface area contributed by atoms with Crippen LogP contribution in [0.4, 0.5) is 0 Å². The molecule has 1 fully saturated rings. The molecule has 0 spiro atoms. The normalized spacial score (nSPS) is 14.7. The molecule has 0 bridgehead atoms. The van der Waals surface area contributed by atoms with Gasteiger partial charge in [0.05, 0.1) is 23.9 Å². The summed E-state index contributed by atoms with van der Waals surface area (Å²) in [6.45, 7) is 3.72. The highest BCUT2D eigenvalue weighted by Gasteiger charge is 2.21. The highest BCUT2D eigenvalue weighted by Crippen LogP contribution is 2.25. The maximum atomic E-state index is 13.3. The summed E-state index contributed by atoms with van der Waals surface area (Å²) in [5.74, 6) is 1.33. The van der Waals surface area contributed by atoms with Crippen molar-refractivity contribution < 1.29 is 9.53 Å². The third-order valence-electron chi connectivity index (χ3n) is 6.76. The number of fused-ring (bicyclic) bond motifs is 1. The van der Waals surface area contributed by atoms with Gasteiger partial charge in [0.1, 0.15) is 5.75 Å². The van der Waals surface area contributed by atoms with E-state index in [4.69, 9.17) is 9.72 Å². The second-order valence-electron chi connectivity index (χ2n) is 9.09. The van der Waals surface area contributed by atoms with Gasteiger partial charge in [-0.2, -0.15) is 0 Å². The third-order valence-corrected chi connectivity index (χ3v) is 6.76. The maximum absolute atomic E-state index is 13.3. The molecule has 0 radical (unpaired) electrons. The highest BCUT2D eigenvalue weighted by molar-refractivity contribution is 6.07. The summed E-state index contributed by atoms with van der Waals surface area (Å²) < 4.78 is 5.25. The Labute approximate surface area is 206 Å². The SMILES string of the molecule is COc1ccc(CN2CCC(CNC(=O)c3cc(-c4ccncc4)nc4ccccc34)CC2)cc1. The molecule has 5 rings (SSSR count). The Kier molecular flexibility index (Phi) is 7.00. The second-order valence-corrected chi connectivity index (χ2v) is 9.09. The van der Waals surface area contributed by atoms with Crippen molar-refractivity contribution in [1.82, 2.24) is 20.2 Å². The van der Waals surface area contributed by atoms with E-state index in [9.17, 15) is 4.79 Å². The first-order valence-electron chi connectivity index (χ1n) is 12.1. The quantitative estimate of drug-likeness (QED) is 0.418. The molecule has 0 saturated carbocycles. The minimum absolute atomic E-state index is 0.0421. The lowest BCUT2D eigenvalue weighted by atomic mass is 9.96. The Morgan fingerprint density at radius 3 is 2.51 bits per heavy atom. The Balaban J connectivity index is 1.21. The van der Waals surface area contributed by atoms with Crippen LogP contribution in [0.2, 0.25) is 0 Å². The van der Waals surface area contributed by atoms with Crippen molar-refractivity contribution in [2.24, 2.45) is 5.92 Å². The Bertz CT molecular complexity index is 1280. The Morgan fingerprint density at radius 2 is 1.77 bits per heavy atom. The predicted octanol–water partition coefficient (Wildman–Crippen LogP) is 4.95. The van der Waals surface area contributed by atoms with Gasteiger partial charge in [0, 0.05) is 36.4 Å². The molecule has 3 heterocycles. The topological polar surface area (TPSA) is 67.3 Å². The summed E-state index contributed by atoms with van der Waals surface area (Å²) in [7, 11) is 1.69. The van der Waals surface area contributed by atoms with Gasteiger partial charge in [0.2, 0.25) is 0 Å². The summed E-state index contributed by atoms with van der Waals surface area (Å²) in [5.41, 5.74) is 4.51. The lowest BCUT2D eigenvalue weighted by molar-refractivity contribution is 0.0937. The minimum atomic E-state index is -0.0421. The van der Waals surface area contributed by atoms with Gasteiger partial charge < -0.3 is 10.1 Å². The van der Waals surface area contributed by atoms with Crippen LogP contribution < -0.4 is 10.1 Å². The van der Waals surface area contributed by atoms with E-state index in [-0.39, 0.29) is 5.91 Å². The van der Waals surface area contributed by atoms with Crippen LogP contribution in [-0.4, -0.2) is 47.5 Å². The number of likely N-dealkylation sites (tertiary alicyclic amines) is 1. The average molecular weight is 467 g/mol. The van der Waals surface area contributed by atoms with E-state index in [1.807, 2.05) is 54.6 Å². The number of pyridine rings is 2. The van der Waals surface area contributed by atoms with Crippen LogP contribution in [0.15, 0.2) is 79.1 Å². The van der Waals surface area contributed by atoms with E-state index in [2.05, 4.69) is 27.3 Å². The minimum Gasteiger partial charge on any atom is -0.497 e. The van der Waals surface area contributed by atoms with E-state index in [0.29, 0.717) is 18.0 Å². The molecule has 4 aromatic rings. The van der Waals surface area contributed by atoms with Crippen molar-refractivity contribution in [3.05, 3.63) is 90.3 Å². The number of amides is 1. The van der Waals surface area contributed by atoms with Crippen LogP contribution in [0.1, 0.15) is 28.8 Å². The largest absolute Gasteiger partial charge is 0.497 e. The molecule has 0 aliphatic carbocycles. The van der Waals surface area contributed by atoms with Crippen LogP contribution in [0, 0.1) is 5.92 Å². The zero-order valence-electron chi connectivity index (χ0n) is 20.0. The zero-order valence-corrected chi connectivity index (χ0v) is 20.0. The molecule has 1 aliphatic rings. The van der Waals surface area contributed by atoms with Crippen LogP contribution in [-0.2, 0) is 6.54 Å². The number of methoxy groups -OCH3 is 1. The number of rotatable bonds is 7. The number of aromatic nitrogens is 2. The highest BCUT2D eigenvalue weighted by atomic mass is 16.5. The number of hydrogen-bond acceptors (Lipinski definition) is 5. The first kappa shape index (κ1) is 23.0. The third kappa shape index (κ3) is 5.49. The van der Waals surface area contributed by atoms with Crippen molar-refractivity contribution >= 4 is 16.8 Å². The lowest BCUT2D eigenvalue weighted by Gasteiger charge is -2.32. The van der Waals surface area contributed by atoms with E-state index >= 15 is 0 Å². The first-order chi connectivity index (χ1) is 17.2. The van der Waals surface area contributed by atoms with Crippen LogP contribution in [0.25, 0.3) is 22.2 Å². The van der Waals surface area contributed by atoms with Gasteiger partial charge in [0.25, 0.3) is 5.91 Å². The molecule has 1 N–H and O–H groups in total.